The third-order valence-corrected chi connectivity index (χ3v) is 5.47. The maximum Gasteiger partial charge on any atom is 0.308 e. The fraction of sp³-hybridized carbons (Fsp3) is 0.231. The van der Waals surface area contributed by atoms with Crippen molar-refractivity contribution in [2.24, 2.45) is 0 Å². The number of para-hydroxylation sites is 2. The third-order valence-electron chi connectivity index (χ3n) is 5.47. The number of ether oxygens (including phenoxy) is 1. The molecule has 2 aromatic heterocycles. The van der Waals surface area contributed by atoms with Crippen LogP contribution in [0.1, 0.15) is 46.3 Å². The van der Waals surface area contributed by atoms with Gasteiger partial charge in [0.05, 0.1) is 16.8 Å². The first-order valence-corrected chi connectivity index (χ1v) is 11.2. The Labute approximate surface area is 196 Å². The van der Waals surface area contributed by atoms with E-state index < -0.39 is 5.97 Å². The first-order chi connectivity index (χ1) is 16.4. The van der Waals surface area contributed by atoms with Crippen molar-refractivity contribution in [3.05, 3.63) is 71.5 Å². The highest BCUT2D eigenvalue weighted by atomic mass is 16.5. The van der Waals surface area contributed by atoms with Gasteiger partial charge < -0.3 is 20.4 Å². The first kappa shape index (κ1) is 23.0. The normalized spacial score (nSPS) is 10.9. The molecule has 3 N–H and O–H groups in total. The maximum atomic E-state index is 12.7. The van der Waals surface area contributed by atoms with Gasteiger partial charge in [-0.05, 0) is 44.0 Å². The molecule has 4 aromatic rings. The highest BCUT2D eigenvalue weighted by Crippen LogP contribution is 2.27. The van der Waals surface area contributed by atoms with Crippen LogP contribution in [-0.4, -0.2) is 40.8 Å². The maximum absolute atomic E-state index is 12.7. The molecule has 0 spiro atoms. The van der Waals surface area contributed by atoms with Gasteiger partial charge in [-0.3, -0.25) is 14.4 Å². The van der Waals surface area contributed by atoms with Crippen molar-refractivity contribution < 1.29 is 19.1 Å². The van der Waals surface area contributed by atoms with Crippen LogP contribution in [0.4, 0.5) is 0 Å². The number of aryl methyl sites for hydroxylation is 1. The number of carbonyl (C=O) groups is 3. The number of carbonyl (C=O) groups excluding carboxylic acids is 3. The summed E-state index contributed by atoms with van der Waals surface area (Å²) >= 11 is 0. The van der Waals surface area contributed by atoms with Gasteiger partial charge in [-0.25, -0.2) is 4.98 Å². The largest absolute Gasteiger partial charge is 0.426 e. The topological polar surface area (TPSA) is 113 Å². The molecule has 0 fully saturated rings. The Hall–Kier alpha value is -4.20. The molecule has 0 aliphatic heterocycles. The van der Waals surface area contributed by atoms with E-state index in [0.717, 1.165) is 27.5 Å². The summed E-state index contributed by atoms with van der Waals surface area (Å²) in [5, 5.41) is 7.75. The van der Waals surface area contributed by atoms with Crippen LogP contribution in [0.3, 0.4) is 0 Å². The van der Waals surface area contributed by atoms with Crippen LogP contribution in [0.2, 0.25) is 0 Å². The van der Waals surface area contributed by atoms with Gasteiger partial charge in [0.15, 0.2) is 0 Å². The molecule has 2 amide bonds. The smallest absolute Gasteiger partial charge is 0.308 e. The van der Waals surface area contributed by atoms with E-state index in [4.69, 9.17) is 4.74 Å². The van der Waals surface area contributed by atoms with E-state index >= 15 is 0 Å². The van der Waals surface area contributed by atoms with Gasteiger partial charge in [0.1, 0.15) is 11.4 Å². The average Bonchev–Trinajstić information content (AvgIpc) is 3.20. The van der Waals surface area contributed by atoms with E-state index in [1.807, 2.05) is 37.3 Å². The molecule has 0 atom stereocenters. The van der Waals surface area contributed by atoms with Crippen molar-refractivity contribution in [2.75, 3.05) is 13.1 Å². The van der Waals surface area contributed by atoms with Gasteiger partial charge in [0.25, 0.3) is 11.8 Å². The lowest BCUT2D eigenvalue weighted by atomic mass is 10.1. The van der Waals surface area contributed by atoms with Crippen LogP contribution in [0.5, 0.6) is 5.75 Å². The van der Waals surface area contributed by atoms with Crippen LogP contribution in [0.15, 0.2) is 54.6 Å². The number of rotatable bonds is 8. The Morgan fingerprint density at radius 2 is 1.59 bits per heavy atom. The van der Waals surface area contributed by atoms with E-state index in [0.29, 0.717) is 37.2 Å². The van der Waals surface area contributed by atoms with E-state index in [1.165, 1.54) is 6.92 Å². The minimum absolute atomic E-state index is 0.227. The summed E-state index contributed by atoms with van der Waals surface area (Å²) < 4.78 is 5.08. The molecular formula is C26H26N4O4. The second kappa shape index (κ2) is 10.2. The molecule has 0 saturated carbocycles. The quantitative estimate of drug-likeness (QED) is 0.211. The van der Waals surface area contributed by atoms with E-state index in [2.05, 4.69) is 20.6 Å². The number of amides is 2. The van der Waals surface area contributed by atoms with Crippen molar-refractivity contribution in [2.45, 2.75) is 26.7 Å². The van der Waals surface area contributed by atoms with Crippen LogP contribution in [0, 0.1) is 6.92 Å². The summed E-state index contributed by atoms with van der Waals surface area (Å²) in [6, 6.07) is 16.4. The molecule has 0 bridgehead atoms. The predicted molar refractivity (Wildman–Crippen MR) is 130 cm³/mol. The fourth-order valence-corrected chi connectivity index (χ4v) is 3.86. The number of nitrogens with one attached hydrogen (secondary N) is 3. The molecule has 174 valence electrons. The van der Waals surface area contributed by atoms with Crippen molar-refractivity contribution in [3.63, 3.8) is 0 Å². The standard InChI is InChI=1S/C26H26N4O4/c1-16-24-20(18-9-3-5-11-21(18)30-24)15-22(29-16)26(33)28-14-8-7-13-27-25(32)19-10-4-6-12-23(19)34-17(2)31/h3-6,9-12,15,30H,7-8,13-14H2,1-2H3,(H,27,32)(H,28,33). The van der Waals surface area contributed by atoms with Crippen molar-refractivity contribution in [3.8, 4) is 5.75 Å². The van der Waals surface area contributed by atoms with Gasteiger partial charge in [-0.15, -0.1) is 0 Å². The summed E-state index contributed by atoms with van der Waals surface area (Å²) in [7, 11) is 0. The van der Waals surface area contributed by atoms with Crippen LogP contribution >= 0.6 is 0 Å². The Bertz CT molecular complexity index is 1380. The summed E-state index contributed by atoms with van der Waals surface area (Å²) in [5.74, 6) is -0.790. The summed E-state index contributed by atoms with van der Waals surface area (Å²) in [6.07, 6.45) is 1.36. The Morgan fingerprint density at radius 1 is 0.912 bits per heavy atom. The zero-order valence-electron chi connectivity index (χ0n) is 19.1. The van der Waals surface area contributed by atoms with E-state index in [9.17, 15) is 14.4 Å². The summed E-state index contributed by atoms with van der Waals surface area (Å²) in [4.78, 5) is 44.1. The minimum atomic E-state index is -0.482. The van der Waals surface area contributed by atoms with Crippen molar-refractivity contribution >= 4 is 39.6 Å². The van der Waals surface area contributed by atoms with Crippen LogP contribution in [0.25, 0.3) is 21.8 Å². The molecule has 0 radical (unpaired) electrons. The molecule has 8 nitrogen and oxygen atoms in total. The number of pyridine rings is 1. The first-order valence-electron chi connectivity index (χ1n) is 11.2. The third kappa shape index (κ3) is 5.06. The molecule has 0 saturated heterocycles. The number of nitrogens with zero attached hydrogens (tertiary/aromatic N) is 1. The van der Waals surface area contributed by atoms with Gasteiger partial charge in [-0.1, -0.05) is 30.3 Å². The van der Waals surface area contributed by atoms with E-state index in [-0.39, 0.29) is 17.6 Å². The van der Waals surface area contributed by atoms with Crippen molar-refractivity contribution in [1.82, 2.24) is 20.6 Å². The number of fused-ring (bicyclic) bond motifs is 3. The fourth-order valence-electron chi connectivity index (χ4n) is 3.86. The molecule has 0 aliphatic rings. The molecule has 8 heteroatoms. The van der Waals surface area contributed by atoms with Crippen molar-refractivity contribution in [1.29, 1.82) is 0 Å². The monoisotopic (exact) mass is 458 g/mol. The van der Waals surface area contributed by atoms with Crippen LogP contribution in [-0.2, 0) is 4.79 Å². The molecule has 0 aliphatic carbocycles. The zero-order valence-corrected chi connectivity index (χ0v) is 19.1. The summed E-state index contributed by atoms with van der Waals surface area (Å²) in [6.45, 7) is 4.07. The minimum Gasteiger partial charge on any atom is -0.426 e. The second-order valence-electron chi connectivity index (χ2n) is 7.99. The second-order valence-corrected chi connectivity index (χ2v) is 7.99. The van der Waals surface area contributed by atoms with Gasteiger partial charge in [0, 0.05) is 36.3 Å². The SMILES string of the molecule is CC(=O)Oc1ccccc1C(=O)NCCCCNC(=O)c1cc2c([nH]c3ccccc32)c(C)n1. The highest BCUT2D eigenvalue weighted by Gasteiger charge is 2.14. The Balaban J connectivity index is 1.27. The number of H-pyrrole nitrogens is 1. The predicted octanol–water partition coefficient (Wildman–Crippen LogP) is 3.89. The Morgan fingerprint density at radius 3 is 2.35 bits per heavy atom. The van der Waals surface area contributed by atoms with Gasteiger partial charge >= 0.3 is 5.97 Å². The number of unbranched alkanes of at least 4 members (excludes halogenated alkanes) is 1. The number of benzene rings is 2. The molecule has 34 heavy (non-hydrogen) atoms. The number of aromatic amines is 1. The van der Waals surface area contributed by atoms with Crippen LogP contribution < -0.4 is 15.4 Å². The lowest BCUT2D eigenvalue weighted by Gasteiger charge is -2.10. The van der Waals surface area contributed by atoms with Gasteiger partial charge in [-0.2, -0.15) is 0 Å². The number of hydrogen-bond acceptors (Lipinski definition) is 5. The molecule has 4 rings (SSSR count). The number of hydrogen-bond donors (Lipinski definition) is 3. The molecule has 2 aromatic carbocycles. The Kier molecular flexibility index (Phi) is 6.87. The van der Waals surface area contributed by atoms with Gasteiger partial charge in [0.2, 0.25) is 0 Å². The van der Waals surface area contributed by atoms with E-state index in [1.54, 1.807) is 24.3 Å². The number of aromatic nitrogens is 2. The lowest BCUT2D eigenvalue weighted by molar-refractivity contribution is -0.131. The highest BCUT2D eigenvalue weighted by molar-refractivity contribution is 6.10. The molecular weight excluding hydrogens is 432 g/mol. The summed E-state index contributed by atoms with van der Waals surface area (Å²) in [5.41, 5.74) is 3.40. The lowest BCUT2D eigenvalue weighted by Crippen LogP contribution is -2.28. The zero-order chi connectivity index (χ0) is 24.1. The molecule has 2 heterocycles. The average molecular weight is 459 g/mol. The number of esters is 1. The molecule has 0 unspecified atom stereocenters.